The van der Waals surface area contributed by atoms with Crippen molar-refractivity contribution in [1.29, 1.82) is 0 Å². The summed E-state index contributed by atoms with van der Waals surface area (Å²) in [6.45, 7) is 4.39. The Bertz CT molecular complexity index is 1270. The lowest BCUT2D eigenvalue weighted by Gasteiger charge is -2.09. The Morgan fingerprint density at radius 3 is 3.00 bits per heavy atom. The molecule has 3 heterocycles. The van der Waals surface area contributed by atoms with Gasteiger partial charge in [0, 0.05) is 36.0 Å². The highest BCUT2D eigenvalue weighted by Crippen LogP contribution is 2.24. The number of thiazole rings is 1. The second kappa shape index (κ2) is 8.99. The number of thioether (sulfide) groups is 1. The van der Waals surface area contributed by atoms with Gasteiger partial charge in [0.1, 0.15) is 18.2 Å². The summed E-state index contributed by atoms with van der Waals surface area (Å²) in [4.78, 5) is 17.3. The molecule has 4 rings (SSSR count). The Balaban J connectivity index is 1.49. The van der Waals surface area contributed by atoms with E-state index in [1.54, 1.807) is 12.3 Å². The zero-order valence-electron chi connectivity index (χ0n) is 15.5. The molecule has 154 valence electrons. The van der Waals surface area contributed by atoms with Gasteiger partial charge in [-0.3, -0.25) is 13.8 Å². The van der Waals surface area contributed by atoms with Crippen molar-refractivity contribution >= 4 is 39.7 Å². The molecule has 0 atom stereocenters. The first-order valence-corrected chi connectivity index (χ1v) is 11.0. The van der Waals surface area contributed by atoms with Crippen molar-refractivity contribution in [3.63, 3.8) is 0 Å². The van der Waals surface area contributed by atoms with E-state index in [0.29, 0.717) is 39.7 Å². The Morgan fingerprint density at radius 2 is 2.20 bits per heavy atom. The van der Waals surface area contributed by atoms with Crippen LogP contribution >= 0.6 is 34.7 Å². The molecule has 0 radical (unpaired) electrons. The highest BCUT2D eigenvalue weighted by molar-refractivity contribution is 7.98. The molecule has 0 aliphatic heterocycles. The lowest BCUT2D eigenvalue weighted by atomic mass is 10.3. The Kier molecular flexibility index (Phi) is 6.16. The first-order valence-electron chi connectivity index (χ1n) is 8.74. The minimum Gasteiger partial charge on any atom is -0.486 e. The van der Waals surface area contributed by atoms with E-state index in [1.165, 1.54) is 51.8 Å². The highest BCUT2D eigenvalue weighted by Gasteiger charge is 2.14. The molecule has 11 heteroatoms. The maximum absolute atomic E-state index is 13.3. The summed E-state index contributed by atoms with van der Waals surface area (Å²) < 4.78 is 22.3. The number of aromatic nitrogens is 5. The van der Waals surface area contributed by atoms with Crippen LogP contribution in [0, 0.1) is 5.82 Å². The van der Waals surface area contributed by atoms with Gasteiger partial charge in [-0.25, -0.2) is 9.37 Å². The molecule has 30 heavy (non-hydrogen) atoms. The van der Waals surface area contributed by atoms with Gasteiger partial charge >= 0.3 is 0 Å². The summed E-state index contributed by atoms with van der Waals surface area (Å²) in [6, 6.07) is 5.66. The van der Waals surface area contributed by atoms with Gasteiger partial charge in [-0.15, -0.1) is 28.1 Å². The van der Waals surface area contributed by atoms with Crippen molar-refractivity contribution in [2.45, 2.75) is 24.1 Å². The first-order chi connectivity index (χ1) is 14.5. The van der Waals surface area contributed by atoms with E-state index in [4.69, 9.17) is 16.3 Å². The minimum absolute atomic E-state index is 0.0116. The molecule has 0 saturated carbocycles. The van der Waals surface area contributed by atoms with Gasteiger partial charge in [0.2, 0.25) is 0 Å². The molecule has 4 aromatic rings. The second-order valence-corrected chi connectivity index (χ2v) is 8.32. The number of allylic oxidation sites excluding steroid dienone is 1. The molecule has 0 aliphatic carbocycles. The van der Waals surface area contributed by atoms with Crippen LogP contribution in [-0.2, 0) is 18.9 Å². The van der Waals surface area contributed by atoms with Crippen LogP contribution in [0.4, 0.5) is 4.39 Å². The zero-order chi connectivity index (χ0) is 21.1. The predicted molar refractivity (Wildman–Crippen MR) is 115 cm³/mol. The van der Waals surface area contributed by atoms with Gasteiger partial charge in [-0.1, -0.05) is 29.4 Å². The first kappa shape index (κ1) is 20.6. The molecule has 3 aromatic heterocycles. The monoisotopic (exact) mass is 463 g/mol. The molecule has 1 aromatic carbocycles. The van der Waals surface area contributed by atoms with Crippen LogP contribution in [-0.4, -0.2) is 24.1 Å². The molecule has 0 aliphatic rings. The van der Waals surface area contributed by atoms with Crippen molar-refractivity contribution in [3.05, 3.63) is 81.2 Å². The Labute approximate surface area is 183 Å². The van der Waals surface area contributed by atoms with E-state index in [2.05, 4.69) is 21.8 Å². The SMILES string of the molecule is C=CCn1c(COc2ccc(F)c(Cl)c2)nnc1SCc1cc(=O)n2ccsc2n1. The quantitative estimate of drug-likeness (QED) is 0.288. The van der Waals surface area contributed by atoms with Crippen LogP contribution in [0.5, 0.6) is 5.75 Å². The molecule has 0 fully saturated rings. The number of rotatable bonds is 8. The van der Waals surface area contributed by atoms with Gasteiger partial charge < -0.3 is 4.74 Å². The van der Waals surface area contributed by atoms with Crippen molar-refractivity contribution in [2.75, 3.05) is 0 Å². The largest absolute Gasteiger partial charge is 0.486 e. The van der Waals surface area contributed by atoms with Crippen LogP contribution in [0.3, 0.4) is 0 Å². The fraction of sp³-hybridized carbons (Fsp3) is 0.158. The maximum atomic E-state index is 13.3. The molecular weight excluding hydrogens is 449 g/mol. The number of fused-ring (bicyclic) bond motifs is 1. The fourth-order valence-corrected chi connectivity index (χ4v) is 4.43. The van der Waals surface area contributed by atoms with Crippen molar-refractivity contribution < 1.29 is 9.13 Å². The lowest BCUT2D eigenvalue weighted by Crippen LogP contribution is -2.12. The van der Waals surface area contributed by atoms with Crippen LogP contribution < -0.4 is 10.3 Å². The summed E-state index contributed by atoms with van der Waals surface area (Å²) in [6.07, 6.45) is 3.43. The second-order valence-electron chi connectivity index (χ2n) is 6.09. The van der Waals surface area contributed by atoms with E-state index in [1.807, 2.05) is 9.95 Å². The van der Waals surface area contributed by atoms with E-state index < -0.39 is 5.82 Å². The van der Waals surface area contributed by atoms with Gasteiger partial charge in [0.05, 0.1) is 10.7 Å². The van der Waals surface area contributed by atoms with Crippen molar-refractivity contribution in [3.8, 4) is 5.75 Å². The van der Waals surface area contributed by atoms with Gasteiger partial charge in [0.15, 0.2) is 15.9 Å². The van der Waals surface area contributed by atoms with Gasteiger partial charge in [0.25, 0.3) is 5.56 Å². The van der Waals surface area contributed by atoms with Crippen LogP contribution in [0.1, 0.15) is 11.5 Å². The molecule has 0 N–H and O–H groups in total. The maximum Gasteiger partial charge on any atom is 0.258 e. The molecule has 0 bridgehead atoms. The number of halogens is 2. The van der Waals surface area contributed by atoms with Gasteiger partial charge in [-0.05, 0) is 12.1 Å². The molecule has 7 nitrogen and oxygen atoms in total. The number of ether oxygens (including phenoxy) is 1. The smallest absolute Gasteiger partial charge is 0.258 e. The average molecular weight is 464 g/mol. The lowest BCUT2D eigenvalue weighted by molar-refractivity contribution is 0.288. The van der Waals surface area contributed by atoms with Crippen LogP contribution in [0.15, 0.2) is 58.4 Å². The summed E-state index contributed by atoms with van der Waals surface area (Å²) in [5.41, 5.74) is 0.552. The topological polar surface area (TPSA) is 74.3 Å². The van der Waals surface area contributed by atoms with Gasteiger partial charge in [-0.2, -0.15) is 0 Å². The van der Waals surface area contributed by atoms with E-state index in [-0.39, 0.29) is 17.2 Å². The fourth-order valence-electron chi connectivity index (χ4n) is 2.66. The third-order valence-corrected chi connectivity index (χ3v) is 6.12. The Morgan fingerprint density at radius 1 is 1.33 bits per heavy atom. The average Bonchev–Trinajstić information content (AvgIpc) is 3.35. The highest BCUT2D eigenvalue weighted by atomic mass is 35.5. The third-order valence-electron chi connectivity index (χ3n) is 4.07. The zero-order valence-corrected chi connectivity index (χ0v) is 17.9. The summed E-state index contributed by atoms with van der Waals surface area (Å²) in [7, 11) is 0. The molecule has 0 spiro atoms. The van der Waals surface area contributed by atoms with E-state index >= 15 is 0 Å². The number of hydrogen-bond donors (Lipinski definition) is 0. The molecular formula is C19H15ClFN5O2S2. The van der Waals surface area contributed by atoms with Crippen molar-refractivity contribution in [2.24, 2.45) is 0 Å². The standard InChI is InChI=1S/C19H15ClFN5O2S2/c1-2-5-25-16(10-28-13-3-4-15(21)14(20)9-13)23-24-19(25)30-11-12-8-17(27)26-6-7-29-18(26)22-12/h2-4,6-9H,1,5,10-11H2. The molecule has 0 saturated heterocycles. The van der Waals surface area contributed by atoms with E-state index in [9.17, 15) is 9.18 Å². The summed E-state index contributed by atoms with van der Waals surface area (Å²) in [5.74, 6) is 0.969. The number of nitrogens with zero attached hydrogens (tertiary/aromatic N) is 5. The van der Waals surface area contributed by atoms with E-state index in [0.717, 1.165) is 0 Å². The third kappa shape index (κ3) is 4.40. The number of hydrogen-bond acceptors (Lipinski definition) is 7. The Hall–Kier alpha value is -2.69. The predicted octanol–water partition coefficient (Wildman–Crippen LogP) is 4.20. The molecule has 0 unspecified atom stereocenters. The number of benzene rings is 1. The molecule has 0 amide bonds. The normalized spacial score (nSPS) is 11.1. The van der Waals surface area contributed by atoms with Crippen LogP contribution in [0.2, 0.25) is 5.02 Å². The minimum atomic E-state index is -0.508. The summed E-state index contributed by atoms with van der Waals surface area (Å²) >= 11 is 8.61. The van der Waals surface area contributed by atoms with Crippen molar-refractivity contribution in [1.82, 2.24) is 24.1 Å². The summed E-state index contributed by atoms with van der Waals surface area (Å²) in [5, 5.41) is 10.9. The van der Waals surface area contributed by atoms with Crippen LogP contribution in [0.25, 0.3) is 4.96 Å².